The van der Waals surface area contributed by atoms with Crippen LogP contribution in [0.4, 0.5) is 0 Å². The summed E-state index contributed by atoms with van der Waals surface area (Å²) in [7, 11) is 3.39. The van der Waals surface area contributed by atoms with Gasteiger partial charge in [-0.25, -0.2) is 0 Å². The molecule has 2 aliphatic heterocycles. The van der Waals surface area contributed by atoms with Gasteiger partial charge in [0, 0.05) is 32.8 Å². The predicted octanol–water partition coefficient (Wildman–Crippen LogP) is 3.37. The first kappa shape index (κ1) is 21.1. The summed E-state index contributed by atoms with van der Waals surface area (Å²) in [6.07, 6.45) is 7.82. The molecule has 1 amide bonds. The van der Waals surface area contributed by atoms with E-state index in [1.165, 1.54) is 45.2 Å². The first-order valence-corrected chi connectivity index (χ1v) is 10.8. The summed E-state index contributed by atoms with van der Waals surface area (Å²) in [6.45, 7) is 4.85. The number of nitrogens with zero attached hydrogens (tertiary/aromatic N) is 2. The van der Waals surface area contributed by atoms with Gasteiger partial charge >= 0.3 is 0 Å². The number of carbonyl (C=O) groups is 1. The molecule has 2 fully saturated rings. The van der Waals surface area contributed by atoms with Gasteiger partial charge in [-0.3, -0.25) is 4.79 Å². The van der Waals surface area contributed by atoms with Crippen molar-refractivity contribution in [3.63, 3.8) is 0 Å². The maximum Gasteiger partial charge on any atom is 0.227 e. The molecule has 2 atom stereocenters. The molecule has 0 bridgehead atoms. The van der Waals surface area contributed by atoms with Gasteiger partial charge in [0.2, 0.25) is 5.91 Å². The minimum Gasteiger partial charge on any atom is -0.497 e. The molecule has 2 aliphatic rings. The summed E-state index contributed by atoms with van der Waals surface area (Å²) in [5.41, 5.74) is 1.05. The Kier molecular flexibility index (Phi) is 8.16. The number of ether oxygens (including phenoxy) is 2. The summed E-state index contributed by atoms with van der Waals surface area (Å²) >= 11 is 0. The first-order valence-electron chi connectivity index (χ1n) is 10.8. The van der Waals surface area contributed by atoms with Crippen LogP contribution in [0.1, 0.15) is 44.1 Å². The third kappa shape index (κ3) is 5.71. The first-order chi connectivity index (χ1) is 13.7. The molecule has 0 aliphatic carbocycles. The summed E-state index contributed by atoms with van der Waals surface area (Å²) in [5.74, 6) is 1.67. The van der Waals surface area contributed by atoms with Crippen LogP contribution in [-0.4, -0.2) is 68.8 Å². The number of hydrogen-bond donors (Lipinski definition) is 0. The van der Waals surface area contributed by atoms with E-state index in [9.17, 15) is 4.79 Å². The molecule has 3 rings (SSSR count). The number of piperidine rings is 2. The summed E-state index contributed by atoms with van der Waals surface area (Å²) in [4.78, 5) is 17.9. The molecule has 5 nitrogen and oxygen atoms in total. The topological polar surface area (TPSA) is 42.0 Å². The molecule has 156 valence electrons. The van der Waals surface area contributed by atoms with E-state index in [-0.39, 0.29) is 5.91 Å². The molecule has 1 aromatic rings. The standard InChI is InChI=1S/C23H36N2O3/c1-27-16-6-15-25(23(26)17-19-9-11-21(28-2)12-10-19)18-20-7-5-14-24-13-4-3-8-22(20)24/h9-12,20,22H,3-8,13-18H2,1-2H3/t20-,22-/m1/s1. The molecular weight excluding hydrogens is 352 g/mol. The molecule has 0 N–H and O–H groups in total. The second-order valence-corrected chi connectivity index (χ2v) is 8.21. The van der Waals surface area contributed by atoms with Crippen molar-refractivity contribution in [1.29, 1.82) is 0 Å². The Balaban J connectivity index is 1.63. The second kappa shape index (κ2) is 10.8. The van der Waals surface area contributed by atoms with Gasteiger partial charge in [-0.1, -0.05) is 18.6 Å². The fourth-order valence-electron chi connectivity index (χ4n) is 4.82. The van der Waals surface area contributed by atoms with Gasteiger partial charge in [-0.15, -0.1) is 0 Å². The van der Waals surface area contributed by atoms with Crippen LogP contribution in [0.25, 0.3) is 0 Å². The van der Waals surface area contributed by atoms with E-state index in [0.717, 1.165) is 30.8 Å². The lowest BCUT2D eigenvalue weighted by Crippen LogP contribution is -2.52. The SMILES string of the molecule is COCCCN(C[C@H]1CCCN2CCCC[C@H]12)C(=O)Cc1ccc(OC)cc1. The van der Waals surface area contributed by atoms with Crippen LogP contribution < -0.4 is 4.74 Å². The Bertz CT molecular complexity index is 602. The summed E-state index contributed by atoms with van der Waals surface area (Å²) in [6, 6.07) is 8.51. The Morgan fingerprint density at radius 2 is 1.89 bits per heavy atom. The number of fused-ring (bicyclic) bond motifs is 1. The minimum atomic E-state index is 0.231. The Morgan fingerprint density at radius 1 is 1.11 bits per heavy atom. The summed E-state index contributed by atoms with van der Waals surface area (Å²) in [5, 5.41) is 0. The van der Waals surface area contributed by atoms with Crippen molar-refractivity contribution in [3.05, 3.63) is 29.8 Å². The van der Waals surface area contributed by atoms with Crippen LogP contribution in [0.5, 0.6) is 5.75 Å². The van der Waals surface area contributed by atoms with E-state index >= 15 is 0 Å². The highest BCUT2D eigenvalue weighted by Crippen LogP contribution is 2.31. The molecule has 0 saturated carbocycles. The average Bonchev–Trinajstić information content (AvgIpc) is 2.74. The fraction of sp³-hybridized carbons (Fsp3) is 0.696. The third-order valence-electron chi connectivity index (χ3n) is 6.33. The molecule has 0 aromatic heterocycles. The van der Waals surface area contributed by atoms with E-state index < -0.39 is 0 Å². The van der Waals surface area contributed by atoms with Gasteiger partial charge < -0.3 is 19.3 Å². The van der Waals surface area contributed by atoms with Crippen LogP contribution in [0.2, 0.25) is 0 Å². The van der Waals surface area contributed by atoms with Gasteiger partial charge in [0.05, 0.1) is 13.5 Å². The number of carbonyl (C=O) groups excluding carboxylic acids is 1. The van der Waals surface area contributed by atoms with E-state index in [1.54, 1.807) is 14.2 Å². The zero-order chi connectivity index (χ0) is 19.8. The molecule has 2 saturated heterocycles. The monoisotopic (exact) mass is 388 g/mol. The molecule has 5 heteroatoms. The van der Waals surface area contributed by atoms with Crippen molar-refractivity contribution in [1.82, 2.24) is 9.80 Å². The second-order valence-electron chi connectivity index (χ2n) is 8.21. The van der Waals surface area contributed by atoms with Crippen molar-refractivity contribution in [2.24, 2.45) is 5.92 Å². The normalized spacial score (nSPS) is 22.5. The minimum absolute atomic E-state index is 0.231. The van der Waals surface area contributed by atoms with Crippen LogP contribution >= 0.6 is 0 Å². The number of hydrogen-bond acceptors (Lipinski definition) is 4. The molecule has 0 unspecified atom stereocenters. The van der Waals surface area contributed by atoms with Crippen molar-refractivity contribution in [2.75, 3.05) is 47.0 Å². The van der Waals surface area contributed by atoms with Gasteiger partial charge in [0.15, 0.2) is 0 Å². The molecule has 2 heterocycles. The number of methoxy groups -OCH3 is 2. The van der Waals surface area contributed by atoms with E-state index in [4.69, 9.17) is 9.47 Å². The molecule has 0 spiro atoms. The molecule has 1 aromatic carbocycles. The zero-order valence-electron chi connectivity index (χ0n) is 17.6. The largest absolute Gasteiger partial charge is 0.497 e. The molecular formula is C23H36N2O3. The Hall–Kier alpha value is -1.59. The van der Waals surface area contributed by atoms with E-state index in [2.05, 4.69) is 9.80 Å². The number of benzene rings is 1. The Labute approximate surface area is 170 Å². The average molecular weight is 389 g/mol. The zero-order valence-corrected chi connectivity index (χ0v) is 17.6. The summed E-state index contributed by atoms with van der Waals surface area (Å²) < 4.78 is 10.5. The van der Waals surface area contributed by atoms with E-state index in [0.29, 0.717) is 25.0 Å². The van der Waals surface area contributed by atoms with Gasteiger partial charge in [-0.2, -0.15) is 0 Å². The van der Waals surface area contributed by atoms with Gasteiger partial charge in [0.1, 0.15) is 5.75 Å². The lowest BCUT2D eigenvalue weighted by Gasteiger charge is -2.45. The van der Waals surface area contributed by atoms with Crippen molar-refractivity contribution < 1.29 is 14.3 Å². The molecule has 0 radical (unpaired) electrons. The van der Waals surface area contributed by atoms with Gasteiger partial charge in [0.25, 0.3) is 0 Å². The number of amides is 1. The lowest BCUT2D eigenvalue weighted by atomic mass is 9.83. The highest BCUT2D eigenvalue weighted by atomic mass is 16.5. The third-order valence-corrected chi connectivity index (χ3v) is 6.33. The Morgan fingerprint density at radius 3 is 2.64 bits per heavy atom. The van der Waals surface area contributed by atoms with Crippen molar-refractivity contribution in [3.8, 4) is 5.75 Å². The maximum absolute atomic E-state index is 13.1. The predicted molar refractivity (Wildman–Crippen MR) is 112 cm³/mol. The van der Waals surface area contributed by atoms with Crippen LogP contribution in [0.3, 0.4) is 0 Å². The number of rotatable bonds is 9. The van der Waals surface area contributed by atoms with E-state index in [1.807, 2.05) is 24.3 Å². The van der Waals surface area contributed by atoms with Crippen LogP contribution in [0.15, 0.2) is 24.3 Å². The smallest absolute Gasteiger partial charge is 0.227 e. The van der Waals surface area contributed by atoms with Crippen LogP contribution in [0, 0.1) is 5.92 Å². The quantitative estimate of drug-likeness (QED) is 0.608. The maximum atomic E-state index is 13.1. The highest BCUT2D eigenvalue weighted by molar-refractivity contribution is 5.78. The molecule has 28 heavy (non-hydrogen) atoms. The fourth-order valence-corrected chi connectivity index (χ4v) is 4.82. The lowest BCUT2D eigenvalue weighted by molar-refractivity contribution is -0.132. The van der Waals surface area contributed by atoms with Crippen molar-refractivity contribution >= 4 is 5.91 Å². The van der Waals surface area contributed by atoms with Gasteiger partial charge in [-0.05, 0) is 68.8 Å². The van der Waals surface area contributed by atoms with Crippen molar-refractivity contribution in [2.45, 2.75) is 51.0 Å². The highest BCUT2D eigenvalue weighted by Gasteiger charge is 2.34. The van der Waals surface area contributed by atoms with Crippen LogP contribution in [-0.2, 0) is 16.0 Å².